The van der Waals surface area contributed by atoms with Gasteiger partial charge in [0.1, 0.15) is 0 Å². The minimum atomic E-state index is -0.400. The summed E-state index contributed by atoms with van der Waals surface area (Å²) in [5.41, 5.74) is 2.51. The number of rotatable bonds is 7. The molecule has 27 heavy (non-hydrogen) atoms. The van der Waals surface area contributed by atoms with Crippen LogP contribution in [0.5, 0.6) is 0 Å². The third-order valence-electron chi connectivity index (χ3n) is 3.74. The molecule has 0 saturated heterocycles. The molecule has 2 aromatic heterocycles. The monoisotopic (exact) mass is 387 g/mol. The standard InChI is InChI=1S/C18H18ClN5O3/c1-26-8-7-24-11-14(9-21-24)22-18-20-10-15(19)16(23-18)12-3-5-13(6-4-12)17(25)27-2/h3-6,9-11H,7-8H2,1-2H3,(H,20,22,23). The average Bonchev–Trinajstić information content (AvgIpc) is 3.14. The molecule has 1 aromatic carbocycles. The van der Waals surface area contributed by atoms with Crippen molar-refractivity contribution in [3.05, 3.63) is 53.4 Å². The summed E-state index contributed by atoms with van der Waals surface area (Å²) in [7, 11) is 2.98. The molecule has 0 spiro atoms. The van der Waals surface area contributed by atoms with E-state index < -0.39 is 5.97 Å². The van der Waals surface area contributed by atoms with Crippen molar-refractivity contribution in [3.8, 4) is 11.3 Å². The summed E-state index contributed by atoms with van der Waals surface area (Å²) in [6, 6.07) is 6.83. The Balaban J connectivity index is 1.80. The molecule has 0 aliphatic carbocycles. The first kappa shape index (κ1) is 18.8. The molecule has 0 amide bonds. The molecule has 8 nitrogen and oxygen atoms in total. The maximum absolute atomic E-state index is 11.6. The van der Waals surface area contributed by atoms with E-state index in [2.05, 4.69) is 20.4 Å². The van der Waals surface area contributed by atoms with Gasteiger partial charge in [-0.2, -0.15) is 5.10 Å². The van der Waals surface area contributed by atoms with Crippen molar-refractivity contribution in [1.29, 1.82) is 0 Å². The van der Waals surface area contributed by atoms with E-state index in [1.54, 1.807) is 42.3 Å². The lowest BCUT2D eigenvalue weighted by molar-refractivity contribution is 0.0601. The lowest BCUT2D eigenvalue weighted by Crippen LogP contribution is -2.04. The van der Waals surface area contributed by atoms with Gasteiger partial charge in [-0.05, 0) is 12.1 Å². The van der Waals surface area contributed by atoms with Crippen LogP contribution in [0, 0.1) is 0 Å². The summed E-state index contributed by atoms with van der Waals surface area (Å²) in [5, 5.41) is 7.73. The summed E-state index contributed by atoms with van der Waals surface area (Å²) in [5.74, 6) is -0.0130. The highest BCUT2D eigenvalue weighted by atomic mass is 35.5. The fourth-order valence-electron chi connectivity index (χ4n) is 2.38. The number of methoxy groups -OCH3 is 2. The fraction of sp³-hybridized carbons (Fsp3) is 0.222. The fourth-order valence-corrected chi connectivity index (χ4v) is 2.58. The number of carbonyl (C=O) groups excluding carboxylic acids is 1. The Kier molecular flexibility index (Phi) is 6.00. The summed E-state index contributed by atoms with van der Waals surface area (Å²) in [6.07, 6.45) is 5.04. The van der Waals surface area contributed by atoms with E-state index in [-0.39, 0.29) is 0 Å². The topological polar surface area (TPSA) is 91.2 Å². The SMILES string of the molecule is COCCn1cc(Nc2ncc(Cl)c(-c3ccc(C(=O)OC)cc3)n2)cn1. The van der Waals surface area contributed by atoms with Gasteiger partial charge in [-0.25, -0.2) is 14.8 Å². The van der Waals surface area contributed by atoms with Gasteiger partial charge in [0, 0.05) is 18.9 Å². The number of benzene rings is 1. The number of aromatic nitrogens is 4. The van der Waals surface area contributed by atoms with Gasteiger partial charge in [0.25, 0.3) is 0 Å². The van der Waals surface area contributed by atoms with Gasteiger partial charge in [0.15, 0.2) is 0 Å². The van der Waals surface area contributed by atoms with Crippen molar-refractivity contribution in [1.82, 2.24) is 19.7 Å². The second kappa shape index (κ2) is 8.61. The van der Waals surface area contributed by atoms with Crippen LogP contribution >= 0.6 is 11.6 Å². The first-order valence-electron chi connectivity index (χ1n) is 8.10. The zero-order valence-corrected chi connectivity index (χ0v) is 15.6. The molecule has 140 valence electrons. The number of hydrogen-bond donors (Lipinski definition) is 1. The number of ether oxygens (including phenoxy) is 2. The van der Waals surface area contributed by atoms with E-state index in [1.165, 1.54) is 13.3 Å². The highest BCUT2D eigenvalue weighted by Gasteiger charge is 2.11. The quantitative estimate of drug-likeness (QED) is 0.622. The van der Waals surface area contributed by atoms with Crippen LogP contribution in [0.25, 0.3) is 11.3 Å². The molecule has 3 aromatic rings. The Hall–Kier alpha value is -2.97. The van der Waals surface area contributed by atoms with Gasteiger partial charge >= 0.3 is 5.97 Å². The van der Waals surface area contributed by atoms with E-state index in [9.17, 15) is 4.79 Å². The predicted octanol–water partition coefficient (Wildman–Crippen LogP) is 3.17. The van der Waals surface area contributed by atoms with Crippen LogP contribution < -0.4 is 5.32 Å². The van der Waals surface area contributed by atoms with Gasteiger partial charge in [-0.1, -0.05) is 23.7 Å². The van der Waals surface area contributed by atoms with Crippen LogP contribution in [-0.4, -0.2) is 46.5 Å². The van der Waals surface area contributed by atoms with E-state index in [4.69, 9.17) is 21.1 Å². The number of esters is 1. The Morgan fingerprint density at radius 2 is 2.00 bits per heavy atom. The van der Waals surface area contributed by atoms with Gasteiger partial charge < -0.3 is 14.8 Å². The summed E-state index contributed by atoms with van der Waals surface area (Å²) >= 11 is 6.25. The molecule has 2 heterocycles. The Morgan fingerprint density at radius 1 is 1.22 bits per heavy atom. The smallest absolute Gasteiger partial charge is 0.337 e. The number of hydrogen-bond acceptors (Lipinski definition) is 7. The van der Waals surface area contributed by atoms with Crippen LogP contribution in [0.15, 0.2) is 42.9 Å². The summed E-state index contributed by atoms with van der Waals surface area (Å²) < 4.78 is 11.5. The van der Waals surface area contributed by atoms with Crippen molar-refractivity contribution < 1.29 is 14.3 Å². The molecule has 0 fully saturated rings. The molecule has 0 aliphatic rings. The number of nitrogens with one attached hydrogen (secondary N) is 1. The van der Waals surface area contributed by atoms with E-state index in [0.717, 1.165) is 11.3 Å². The van der Waals surface area contributed by atoms with Crippen LogP contribution in [-0.2, 0) is 16.0 Å². The van der Waals surface area contributed by atoms with E-state index in [1.807, 2.05) is 6.20 Å². The predicted molar refractivity (Wildman–Crippen MR) is 101 cm³/mol. The van der Waals surface area contributed by atoms with Gasteiger partial charge in [0.05, 0.1) is 54.6 Å². The first-order chi connectivity index (χ1) is 13.1. The summed E-state index contributed by atoms with van der Waals surface area (Å²) in [6.45, 7) is 1.22. The van der Waals surface area contributed by atoms with Crippen molar-refractivity contribution in [2.24, 2.45) is 0 Å². The molecule has 0 saturated carbocycles. The zero-order chi connectivity index (χ0) is 19.2. The first-order valence-corrected chi connectivity index (χ1v) is 8.48. The Morgan fingerprint density at radius 3 is 2.70 bits per heavy atom. The molecule has 0 bridgehead atoms. The van der Waals surface area contributed by atoms with Crippen LogP contribution in [0.2, 0.25) is 5.02 Å². The highest BCUT2D eigenvalue weighted by molar-refractivity contribution is 6.32. The summed E-state index contributed by atoms with van der Waals surface area (Å²) in [4.78, 5) is 20.2. The molecule has 0 unspecified atom stereocenters. The highest BCUT2D eigenvalue weighted by Crippen LogP contribution is 2.27. The third kappa shape index (κ3) is 4.60. The lowest BCUT2D eigenvalue weighted by Gasteiger charge is -2.08. The minimum Gasteiger partial charge on any atom is -0.465 e. The van der Waals surface area contributed by atoms with E-state index in [0.29, 0.717) is 35.4 Å². The van der Waals surface area contributed by atoms with Crippen LogP contribution in [0.4, 0.5) is 11.6 Å². The minimum absolute atomic E-state index is 0.387. The molecular formula is C18H18ClN5O3. The van der Waals surface area contributed by atoms with Crippen LogP contribution in [0.1, 0.15) is 10.4 Å². The maximum Gasteiger partial charge on any atom is 0.337 e. The Bertz CT molecular complexity index is 927. The molecule has 0 radical (unpaired) electrons. The molecule has 0 atom stereocenters. The molecule has 1 N–H and O–H groups in total. The van der Waals surface area contributed by atoms with Crippen molar-refractivity contribution in [3.63, 3.8) is 0 Å². The van der Waals surface area contributed by atoms with Crippen LogP contribution in [0.3, 0.4) is 0 Å². The van der Waals surface area contributed by atoms with Gasteiger partial charge in [-0.15, -0.1) is 0 Å². The third-order valence-corrected chi connectivity index (χ3v) is 4.01. The number of carbonyl (C=O) groups is 1. The van der Waals surface area contributed by atoms with Crippen molar-refractivity contribution in [2.45, 2.75) is 6.54 Å². The molecule has 0 aliphatic heterocycles. The van der Waals surface area contributed by atoms with Gasteiger partial charge in [-0.3, -0.25) is 4.68 Å². The van der Waals surface area contributed by atoms with Crippen molar-refractivity contribution in [2.75, 3.05) is 26.1 Å². The van der Waals surface area contributed by atoms with Crippen molar-refractivity contribution >= 4 is 29.2 Å². The maximum atomic E-state index is 11.6. The largest absolute Gasteiger partial charge is 0.465 e. The molecular weight excluding hydrogens is 370 g/mol. The number of nitrogens with zero attached hydrogens (tertiary/aromatic N) is 4. The van der Waals surface area contributed by atoms with Gasteiger partial charge in [0.2, 0.25) is 5.95 Å². The number of halogens is 1. The second-order valence-corrected chi connectivity index (χ2v) is 5.98. The zero-order valence-electron chi connectivity index (χ0n) is 14.8. The molecule has 9 heteroatoms. The van der Waals surface area contributed by atoms with E-state index >= 15 is 0 Å². The lowest BCUT2D eigenvalue weighted by atomic mass is 10.1. The average molecular weight is 388 g/mol. The molecule has 3 rings (SSSR count). The Labute approximate surface area is 161 Å². The normalized spacial score (nSPS) is 10.6. The number of anilines is 2. The second-order valence-electron chi connectivity index (χ2n) is 5.57.